The fraction of sp³-hybridized carbons (Fsp3) is 0.833. The monoisotopic (exact) mass is 227 g/mol. The molecule has 1 fully saturated rings. The van der Waals surface area contributed by atoms with Crippen molar-refractivity contribution in [2.45, 2.75) is 52.0 Å². The molecule has 4 nitrogen and oxygen atoms in total. The summed E-state index contributed by atoms with van der Waals surface area (Å²) < 4.78 is 0. The molecule has 2 N–H and O–H groups in total. The number of aliphatic carboxylic acids is 1. The third-order valence-corrected chi connectivity index (χ3v) is 3.69. The summed E-state index contributed by atoms with van der Waals surface area (Å²) in [6.45, 7) is 6.00. The van der Waals surface area contributed by atoms with Gasteiger partial charge in [-0.2, -0.15) is 0 Å². The number of hydrogen-bond donors (Lipinski definition) is 2. The number of rotatable bonds is 6. The van der Waals surface area contributed by atoms with E-state index in [1.807, 2.05) is 6.92 Å². The van der Waals surface area contributed by atoms with Crippen molar-refractivity contribution in [1.29, 1.82) is 0 Å². The lowest BCUT2D eigenvalue weighted by Crippen LogP contribution is -2.46. The maximum Gasteiger partial charge on any atom is 0.329 e. The molecule has 1 rings (SSSR count). The Bertz CT molecular complexity index is 280. The zero-order chi connectivity index (χ0) is 12.3. The second-order valence-electron chi connectivity index (χ2n) is 4.74. The van der Waals surface area contributed by atoms with Crippen molar-refractivity contribution < 1.29 is 14.7 Å². The first-order chi connectivity index (χ1) is 7.46. The first-order valence-corrected chi connectivity index (χ1v) is 6.02. The Morgan fingerprint density at radius 1 is 1.31 bits per heavy atom. The van der Waals surface area contributed by atoms with Crippen LogP contribution in [0.3, 0.4) is 0 Å². The topological polar surface area (TPSA) is 66.4 Å². The molecule has 0 aromatic rings. The lowest BCUT2D eigenvalue weighted by atomic mass is 9.88. The van der Waals surface area contributed by atoms with Crippen molar-refractivity contribution in [2.24, 2.45) is 11.8 Å². The summed E-state index contributed by atoms with van der Waals surface area (Å²) in [7, 11) is 0. The van der Waals surface area contributed by atoms with E-state index < -0.39 is 11.5 Å². The summed E-state index contributed by atoms with van der Waals surface area (Å²) in [6, 6.07) is 0. The quantitative estimate of drug-likeness (QED) is 0.727. The molecule has 16 heavy (non-hydrogen) atoms. The first kappa shape index (κ1) is 13.0. The molecule has 1 unspecified atom stereocenters. The van der Waals surface area contributed by atoms with Crippen LogP contribution in [0.4, 0.5) is 0 Å². The van der Waals surface area contributed by atoms with Gasteiger partial charge >= 0.3 is 5.97 Å². The Morgan fingerprint density at radius 3 is 2.12 bits per heavy atom. The van der Waals surface area contributed by atoms with Gasteiger partial charge in [0.1, 0.15) is 5.54 Å². The molecule has 92 valence electrons. The number of carboxylic acid groups (broad SMARTS) is 1. The van der Waals surface area contributed by atoms with Gasteiger partial charge in [0.15, 0.2) is 0 Å². The molecular formula is C12H21NO3. The minimum atomic E-state index is -0.947. The molecule has 0 aliphatic heterocycles. The molecule has 0 saturated heterocycles. The first-order valence-electron chi connectivity index (χ1n) is 6.02. The van der Waals surface area contributed by atoms with Crippen molar-refractivity contribution in [3.8, 4) is 0 Å². The molecule has 0 aromatic carbocycles. The normalized spacial score (nSPS) is 19.2. The van der Waals surface area contributed by atoms with E-state index in [0.29, 0.717) is 18.8 Å². The summed E-state index contributed by atoms with van der Waals surface area (Å²) in [6.07, 6.45) is 3.02. The van der Waals surface area contributed by atoms with Gasteiger partial charge in [0.05, 0.1) is 0 Å². The molecule has 0 spiro atoms. The Balaban J connectivity index is 2.55. The second kappa shape index (κ2) is 4.85. The van der Waals surface area contributed by atoms with Crippen LogP contribution < -0.4 is 5.32 Å². The number of amides is 1. The highest BCUT2D eigenvalue weighted by molar-refractivity contribution is 5.90. The lowest BCUT2D eigenvalue weighted by molar-refractivity contribution is -0.144. The van der Waals surface area contributed by atoms with Crippen LogP contribution in [-0.4, -0.2) is 22.5 Å². The summed E-state index contributed by atoms with van der Waals surface area (Å²) in [5.74, 6) is -0.789. The molecular weight excluding hydrogens is 206 g/mol. The minimum Gasteiger partial charge on any atom is -0.480 e. The number of nitrogens with one attached hydrogen (secondary N) is 1. The van der Waals surface area contributed by atoms with Crippen molar-refractivity contribution in [3.05, 3.63) is 0 Å². The number of carboxylic acids is 1. The Labute approximate surface area is 96.4 Å². The van der Waals surface area contributed by atoms with Gasteiger partial charge in [-0.3, -0.25) is 4.79 Å². The van der Waals surface area contributed by atoms with Crippen LogP contribution in [0.1, 0.15) is 46.5 Å². The third-order valence-electron chi connectivity index (χ3n) is 3.69. The molecule has 1 aliphatic carbocycles. The minimum absolute atomic E-state index is 0.105. The molecule has 1 atom stereocenters. The van der Waals surface area contributed by atoms with Crippen LogP contribution >= 0.6 is 0 Å². The molecule has 1 amide bonds. The highest BCUT2D eigenvalue weighted by atomic mass is 16.4. The summed E-state index contributed by atoms with van der Waals surface area (Å²) in [4.78, 5) is 22.8. The van der Waals surface area contributed by atoms with E-state index in [4.69, 9.17) is 5.11 Å². The van der Waals surface area contributed by atoms with Gasteiger partial charge in [-0.15, -0.1) is 0 Å². The van der Waals surface area contributed by atoms with Gasteiger partial charge < -0.3 is 10.4 Å². The van der Waals surface area contributed by atoms with Crippen LogP contribution in [-0.2, 0) is 9.59 Å². The molecule has 0 aromatic heterocycles. The predicted molar refractivity (Wildman–Crippen MR) is 61.0 cm³/mol. The number of hydrogen-bond acceptors (Lipinski definition) is 2. The lowest BCUT2D eigenvalue weighted by Gasteiger charge is -2.22. The SMILES string of the molecule is CCC(CC)C(C)C(=O)NC1(C(=O)O)CC1. The van der Waals surface area contributed by atoms with Crippen LogP contribution in [0, 0.1) is 11.8 Å². The van der Waals surface area contributed by atoms with Gasteiger partial charge in [0, 0.05) is 5.92 Å². The maximum absolute atomic E-state index is 11.9. The Hall–Kier alpha value is -1.06. The second-order valence-corrected chi connectivity index (χ2v) is 4.74. The Morgan fingerprint density at radius 2 is 1.81 bits per heavy atom. The average Bonchev–Trinajstić information content (AvgIpc) is 3.00. The summed E-state index contributed by atoms with van der Waals surface area (Å²) in [5, 5.41) is 11.6. The van der Waals surface area contributed by atoms with Crippen molar-refractivity contribution in [2.75, 3.05) is 0 Å². The zero-order valence-electron chi connectivity index (χ0n) is 10.2. The van der Waals surface area contributed by atoms with Gasteiger partial charge in [0.2, 0.25) is 5.91 Å². The number of carbonyl (C=O) groups excluding carboxylic acids is 1. The fourth-order valence-corrected chi connectivity index (χ4v) is 2.08. The van der Waals surface area contributed by atoms with Gasteiger partial charge in [-0.1, -0.05) is 33.6 Å². The van der Waals surface area contributed by atoms with Crippen molar-refractivity contribution >= 4 is 11.9 Å². The van der Waals surface area contributed by atoms with E-state index in [2.05, 4.69) is 19.2 Å². The van der Waals surface area contributed by atoms with Crippen LogP contribution in [0.5, 0.6) is 0 Å². The van der Waals surface area contributed by atoms with Gasteiger partial charge in [-0.05, 0) is 18.8 Å². The van der Waals surface area contributed by atoms with E-state index in [-0.39, 0.29) is 11.8 Å². The van der Waals surface area contributed by atoms with E-state index in [9.17, 15) is 9.59 Å². The molecule has 0 heterocycles. The number of carbonyl (C=O) groups is 2. The molecule has 0 bridgehead atoms. The average molecular weight is 227 g/mol. The predicted octanol–water partition coefficient (Wildman–Crippen LogP) is 1.79. The van der Waals surface area contributed by atoms with Crippen LogP contribution in [0.2, 0.25) is 0 Å². The highest BCUT2D eigenvalue weighted by Crippen LogP contribution is 2.36. The molecule has 1 aliphatic rings. The van der Waals surface area contributed by atoms with Crippen molar-refractivity contribution in [1.82, 2.24) is 5.32 Å². The van der Waals surface area contributed by atoms with E-state index in [0.717, 1.165) is 12.8 Å². The molecule has 4 heteroatoms. The zero-order valence-corrected chi connectivity index (χ0v) is 10.2. The third kappa shape index (κ3) is 2.54. The van der Waals surface area contributed by atoms with E-state index in [1.54, 1.807) is 0 Å². The van der Waals surface area contributed by atoms with E-state index >= 15 is 0 Å². The molecule has 1 saturated carbocycles. The van der Waals surface area contributed by atoms with Crippen molar-refractivity contribution in [3.63, 3.8) is 0 Å². The Kier molecular flexibility index (Phi) is 3.94. The summed E-state index contributed by atoms with van der Waals surface area (Å²) >= 11 is 0. The van der Waals surface area contributed by atoms with Gasteiger partial charge in [0.25, 0.3) is 0 Å². The van der Waals surface area contributed by atoms with E-state index in [1.165, 1.54) is 0 Å². The largest absolute Gasteiger partial charge is 0.480 e. The smallest absolute Gasteiger partial charge is 0.329 e. The van der Waals surface area contributed by atoms with Crippen LogP contribution in [0.25, 0.3) is 0 Å². The fourth-order valence-electron chi connectivity index (χ4n) is 2.08. The summed E-state index contributed by atoms with van der Waals surface area (Å²) in [5.41, 5.74) is -0.947. The highest BCUT2D eigenvalue weighted by Gasteiger charge is 2.52. The molecule has 0 radical (unpaired) electrons. The maximum atomic E-state index is 11.9. The van der Waals surface area contributed by atoms with Crippen LogP contribution in [0.15, 0.2) is 0 Å². The standard InChI is InChI=1S/C12H21NO3/c1-4-9(5-2)8(3)10(14)13-12(6-7-12)11(15)16/h8-9H,4-7H2,1-3H3,(H,13,14)(H,15,16). The van der Waals surface area contributed by atoms with Gasteiger partial charge in [-0.25, -0.2) is 4.79 Å².